The van der Waals surface area contributed by atoms with Gasteiger partial charge in [0.05, 0.1) is 20.4 Å². The van der Waals surface area contributed by atoms with Crippen molar-refractivity contribution in [1.29, 1.82) is 0 Å². The first-order chi connectivity index (χ1) is 13.1. The predicted molar refractivity (Wildman–Crippen MR) is 112 cm³/mol. The van der Waals surface area contributed by atoms with Gasteiger partial charge in [-0.15, -0.1) is 11.3 Å². The highest BCUT2D eigenvalue weighted by Gasteiger charge is 2.41. The standard InChI is InChI=1S/C20H13Br2FN2OS/c21-12-3-6-17-14(9-12)16-10-15(18-7-8-19(22)27-18)24-25(16)20(26-17)11-1-4-13(23)5-2-11/h1-9,16,20H,10H2. The van der Waals surface area contributed by atoms with Crippen LogP contribution in [0.5, 0.6) is 5.75 Å². The molecule has 0 radical (unpaired) electrons. The molecular formula is C20H13Br2FN2OS. The van der Waals surface area contributed by atoms with Gasteiger partial charge in [0.25, 0.3) is 0 Å². The summed E-state index contributed by atoms with van der Waals surface area (Å²) in [6.07, 6.45) is 0.419. The van der Waals surface area contributed by atoms with Gasteiger partial charge in [-0.2, -0.15) is 5.10 Å². The Hall–Kier alpha value is -1.70. The third-order valence-corrected chi connectivity index (χ3v) is 6.93. The van der Waals surface area contributed by atoms with Crippen molar-refractivity contribution in [3.63, 3.8) is 0 Å². The molecule has 2 atom stereocenters. The van der Waals surface area contributed by atoms with Crippen LogP contribution in [0.2, 0.25) is 0 Å². The van der Waals surface area contributed by atoms with Crippen LogP contribution in [0, 0.1) is 5.82 Å². The summed E-state index contributed by atoms with van der Waals surface area (Å²) in [6.45, 7) is 0. The van der Waals surface area contributed by atoms with Crippen molar-refractivity contribution < 1.29 is 9.13 Å². The molecule has 0 saturated heterocycles. The van der Waals surface area contributed by atoms with Crippen LogP contribution >= 0.6 is 43.2 Å². The molecule has 0 N–H and O–H groups in total. The Morgan fingerprint density at radius 2 is 1.89 bits per heavy atom. The van der Waals surface area contributed by atoms with Gasteiger partial charge < -0.3 is 4.74 Å². The Balaban J connectivity index is 1.60. The van der Waals surface area contributed by atoms with Crippen LogP contribution in [-0.4, -0.2) is 10.7 Å². The van der Waals surface area contributed by atoms with Crippen molar-refractivity contribution >= 4 is 48.9 Å². The summed E-state index contributed by atoms with van der Waals surface area (Å²) >= 11 is 8.77. The SMILES string of the molecule is Fc1ccc(C2Oc3ccc(Br)cc3C3CC(c4ccc(Br)s4)=NN32)cc1. The van der Waals surface area contributed by atoms with Crippen molar-refractivity contribution in [2.75, 3.05) is 0 Å². The Kier molecular flexibility index (Phi) is 4.33. The summed E-state index contributed by atoms with van der Waals surface area (Å²) in [4.78, 5) is 1.14. The van der Waals surface area contributed by atoms with Crippen molar-refractivity contribution in [3.05, 3.63) is 84.7 Å². The molecule has 0 saturated carbocycles. The number of rotatable bonds is 2. The highest BCUT2D eigenvalue weighted by molar-refractivity contribution is 9.11. The summed E-state index contributed by atoms with van der Waals surface area (Å²) in [6, 6.07) is 16.7. The van der Waals surface area contributed by atoms with Gasteiger partial charge in [0.2, 0.25) is 6.23 Å². The van der Waals surface area contributed by atoms with Crippen molar-refractivity contribution in [2.24, 2.45) is 5.10 Å². The van der Waals surface area contributed by atoms with E-state index in [0.29, 0.717) is 0 Å². The molecule has 0 amide bonds. The fourth-order valence-corrected chi connectivity index (χ4v) is 5.28. The Morgan fingerprint density at radius 3 is 2.63 bits per heavy atom. The lowest BCUT2D eigenvalue weighted by Gasteiger charge is -2.38. The fraction of sp³-hybridized carbons (Fsp3) is 0.150. The molecule has 1 aromatic heterocycles. The quantitative estimate of drug-likeness (QED) is 0.387. The molecular weight excluding hydrogens is 495 g/mol. The molecule has 2 aliphatic rings. The molecule has 27 heavy (non-hydrogen) atoms. The molecule has 0 fully saturated rings. The third kappa shape index (κ3) is 3.11. The highest BCUT2D eigenvalue weighted by atomic mass is 79.9. The van der Waals surface area contributed by atoms with Gasteiger partial charge in [-0.05, 0) is 58.4 Å². The maximum atomic E-state index is 13.4. The van der Waals surface area contributed by atoms with E-state index in [9.17, 15) is 4.39 Å². The van der Waals surface area contributed by atoms with Gasteiger partial charge in [-0.25, -0.2) is 9.40 Å². The summed E-state index contributed by atoms with van der Waals surface area (Å²) in [7, 11) is 0. The highest BCUT2D eigenvalue weighted by Crippen LogP contribution is 2.48. The third-order valence-electron chi connectivity index (χ3n) is 4.76. The molecule has 3 heterocycles. The maximum Gasteiger partial charge on any atom is 0.213 e. The maximum absolute atomic E-state index is 13.4. The first kappa shape index (κ1) is 17.4. The second-order valence-corrected chi connectivity index (χ2v) is 9.83. The Labute approximate surface area is 176 Å². The van der Waals surface area contributed by atoms with E-state index in [0.717, 1.165) is 42.1 Å². The van der Waals surface area contributed by atoms with Crippen LogP contribution in [0.4, 0.5) is 4.39 Å². The normalized spacial score (nSPS) is 20.7. The number of ether oxygens (including phenoxy) is 1. The van der Waals surface area contributed by atoms with Crippen LogP contribution < -0.4 is 4.74 Å². The lowest BCUT2D eigenvalue weighted by atomic mass is 9.98. The van der Waals surface area contributed by atoms with Crippen molar-refractivity contribution in [3.8, 4) is 5.75 Å². The first-order valence-electron chi connectivity index (χ1n) is 8.41. The summed E-state index contributed by atoms with van der Waals surface area (Å²) in [5.74, 6) is 0.585. The smallest absolute Gasteiger partial charge is 0.213 e. The summed E-state index contributed by atoms with van der Waals surface area (Å²) in [5.41, 5.74) is 3.03. The van der Waals surface area contributed by atoms with E-state index in [2.05, 4.69) is 44.0 Å². The molecule has 0 aliphatic carbocycles. The Morgan fingerprint density at radius 1 is 1.07 bits per heavy atom. The number of thiophene rings is 1. The predicted octanol–water partition coefficient (Wildman–Crippen LogP) is 6.65. The molecule has 3 nitrogen and oxygen atoms in total. The van der Waals surface area contributed by atoms with Crippen LogP contribution in [-0.2, 0) is 0 Å². The zero-order valence-electron chi connectivity index (χ0n) is 13.9. The van der Waals surface area contributed by atoms with E-state index in [1.807, 2.05) is 23.2 Å². The molecule has 2 unspecified atom stereocenters. The summed E-state index contributed by atoms with van der Waals surface area (Å²) in [5, 5.41) is 6.91. The zero-order valence-corrected chi connectivity index (χ0v) is 17.9. The molecule has 3 aromatic rings. The van der Waals surface area contributed by atoms with E-state index < -0.39 is 0 Å². The number of benzene rings is 2. The molecule has 0 bridgehead atoms. The minimum Gasteiger partial charge on any atom is -0.464 e. The number of hydrogen-bond acceptors (Lipinski definition) is 4. The molecule has 2 aromatic carbocycles. The van der Waals surface area contributed by atoms with Gasteiger partial charge in [-0.3, -0.25) is 0 Å². The van der Waals surface area contributed by atoms with Crippen LogP contribution in [0.1, 0.15) is 34.7 Å². The lowest BCUT2D eigenvalue weighted by molar-refractivity contribution is -0.0191. The average Bonchev–Trinajstić information content (AvgIpc) is 3.28. The molecule has 0 spiro atoms. The monoisotopic (exact) mass is 506 g/mol. The van der Waals surface area contributed by atoms with Crippen molar-refractivity contribution in [1.82, 2.24) is 5.01 Å². The minimum atomic E-state index is -0.384. The average molecular weight is 508 g/mol. The van der Waals surface area contributed by atoms with E-state index in [4.69, 9.17) is 9.84 Å². The fourth-order valence-electron chi connectivity index (χ4n) is 3.52. The second-order valence-electron chi connectivity index (χ2n) is 6.45. The van der Waals surface area contributed by atoms with Crippen LogP contribution in [0.25, 0.3) is 0 Å². The molecule has 5 rings (SSSR count). The number of fused-ring (bicyclic) bond motifs is 3. The van der Waals surface area contributed by atoms with Crippen molar-refractivity contribution in [2.45, 2.75) is 18.7 Å². The minimum absolute atomic E-state index is 0.0807. The largest absolute Gasteiger partial charge is 0.464 e. The molecule has 7 heteroatoms. The van der Waals surface area contributed by atoms with Gasteiger partial charge in [0.15, 0.2) is 0 Å². The van der Waals surface area contributed by atoms with E-state index in [1.54, 1.807) is 23.5 Å². The van der Waals surface area contributed by atoms with E-state index in [1.165, 1.54) is 12.1 Å². The van der Waals surface area contributed by atoms with Gasteiger partial charge in [0, 0.05) is 22.0 Å². The number of hydrazone groups is 1. The van der Waals surface area contributed by atoms with Gasteiger partial charge in [0.1, 0.15) is 11.6 Å². The van der Waals surface area contributed by atoms with Crippen LogP contribution in [0.3, 0.4) is 0 Å². The number of nitrogens with zero attached hydrogens (tertiary/aromatic N) is 2. The zero-order chi connectivity index (χ0) is 18.5. The summed E-state index contributed by atoms with van der Waals surface area (Å²) < 4.78 is 21.8. The van der Waals surface area contributed by atoms with Crippen LogP contribution in [0.15, 0.2) is 68.0 Å². The van der Waals surface area contributed by atoms with E-state index >= 15 is 0 Å². The first-order valence-corrected chi connectivity index (χ1v) is 10.8. The Bertz CT molecular complexity index is 1050. The number of hydrogen-bond donors (Lipinski definition) is 0. The van der Waals surface area contributed by atoms with Gasteiger partial charge in [-0.1, -0.05) is 28.1 Å². The topological polar surface area (TPSA) is 24.8 Å². The molecule has 136 valence electrons. The van der Waals surface area contributed by atoms with Gasteiger partial charge >= 0.3 is 0 Å². The molecule has 2 aliphatic heterocycles. The number of halogens is 3. The lowest BCUT2D eigenvalue weighted by Crippen LogP contribution is -2.33. The second kappa shape index (κ2) is 6.72. The van der Waals surface area contributed by atoms with E-state index in [-0.39, 0.29) is 18.1 Å².